The molecular weight excluding hydrogens is 286 g/mol. The summed E-state index contributed by atoms with van der Waals surface area (Å²) in [6.07, 6.45) is -6.86. The molecule has 2 bridgehead atoms. The predicted octanol–water partition coefficient (Wildman–Crippen LogP) is 4.22. The first kappa shape index (κ1) is 15.7. The van der Waals surface area contributed by atoms with Gasteiger partial charge in [0.2, 0.25) is 0 Å². The van der Waals surface area contributed by atoms with Gasteiger partial charge in [0.25, 0.3) is 5.60 Å². The Balaban J connectivity index is 1.92. The van der Waals surface area contributed by atoms with Crippen molar-refractivity contribution in [2.45, 2.75) is 50.1 Å². The summed E-state index contributed by atoms with van der Waals surface area (Å²) < 4.78 is 74.8. The van der Waals surface area contributed by atoms with E-state index in [-0.39, 0.29) is 18.3 Å². The van der Waals surface area contributed by atoms with Gasteiger partial charge in [0, 0.05) is 0 Å². The van der Waals surface area contributed by atoms with E-state index in [1.165, 1.54) is 0 Å². The van der Waals surface area contributed by atoms with Crippen LogP contribution in [-0.4, -0.2) is 23.1 Å². The molecule has 0 aromatic rings. The van der Waals surface area contributed by atoms with E-state index < -0.39 is 24.4 Å². The van der Waals surface area contributed by atoms with Crippen molar-refractivity contribution in [3.63, 3.8) is 0 Å². The highest BCUT2D eigenvalue weighted by Crippen LogP contribution is 2.48. The third-order valence-corrected chi connectivity index (χ3v) is 4.47. The van der Waals surface area contributed by atoms with E-state index in [2.05, 4.69) is 6.08 Å². The summed E-state index contributed by atoms with van der Waals surface area (Å²) in [6.45, 7) is 0. The molecule has 0 saturated heterocycles. The topological polar surface area (TPSA) is 20.2 Å². The highest BCUT2D eigenvalue weighted by molar-refractivity contribution is 5.10. The summed E-state index contributed by atoms with van der Waals surface area (Å²) in [5.41, 5.74) is -4.59. The Hall–Kier alpha value is -0.720. The molecule has 0 aromatic heterocycles. The highest BCUT2D eigenvalue weighted by Gasteiger charge is 2.69. The minimum absolute atomic E-state index is 0.149. The van der Waals surface area contributed by atoms with Crippen molar-refractivity contribution in [3.05, 3.63) is 12.2 Å². The quantitative estimate of drug-likeness (QED) is 0.609. The van der Waals surface area contributed by atoms with E-state index in [0.717, 1.165) is 12.8 Å². The molecule has 0 aliphatic heterocycles. The first-order valence-corrected chi connectivity index (χ1v) is 6.59. The summed E-state index contributed by atoms with van der Waals surface area (Å²) >= 11 is 0. The lowest BCUT2D eigenvalue weighted by Crippen LogP contribution is -2.56. The fourth-order valence-corrected chi connectivity index (χ4v) is 3.29. The predicted molar refractivity (Wildman–Crippen MR) is 59.8 cm³/mol. The molecule has 0 aromatic carbocycles. The van der Waals surface area contributed by atoms with Crippen LogP contribution in [0.1, 0.15) is 32.1 Å². The zero-order valence-corrected chi connectivity index (χ0v) is 10.6. The molecule has 1 fully saturated rings. The van der Waals surface area contributed by atoms with E-state index in [9.17, 15) is 26.3 Å². The SMILES string of the molecule is OC(CCCC1CC2C=CC1C2)(C(F)(F)F)C(F)(F)F. The molecule has 0 heterocycles. The molecular formula is C13H16F6O. The third kappa shape index (κ3) is 2.69. The molecule has 7 heteroatoms. The summed E-state index contributed by atoms with van der Waals surface area (Å²) in [6, 6.07) is 0. The van der Waals surface area contributed by atoms with Gasteiger partial charge < -0.3 is 5.11 Å². The van der Waals surface area contributed by atoms with Crippen LogP contribution in [0.25, 0.3) is 0 Å². The van der Waals surface area contributed by atoms with Gasteiger partial charge >= 0.3 is 12.4 Å². The number of allylic oxidation sites excluding steroid dienone is 2. The van der Waals surface area contributed by atoms with Crippen LogP contribution in [0.5, 0.6) is 0 Å². The minimum atomic E-state index is -5.69. The van der Waals surface area contributed by atoms with E-state index in [0.29, 0.717) is 12.3 Å². The number of halogens is 6. The standard InChI is InChI=1S/C13H16F6O/c14-12(15,16)11(20,13(17,18)19)5-1-2-9-6-8-3-4-10(9)7-8/h3-4,8-10,20H,1-2,5-7H2. The van der Waals surface area contributed by atoms with Crippen LogP contribution in [0, 0.1) is 17.8 Å². The Morgan fingerprint density at radius 2 is 1.55 bits per heavy atom. The normalized spacial score (nSPS) is 30.2. The molecule has 1 saturated carbocycles. The van der Waals surface area contributed by atoms with Gasteiger partial charge in [-0.05, 0) is 49.9 Å². The maximum Gasteiger partial charge on any atom is 0.426 e. The molecule has 3 unspecified atom stereocenters. The van der Waals surface area contributed by atoms with Crippen molar-refractivity contribution in [1.82, 2.24) is 0 Å². The lowest BCUT2D eigenvalue weighted by atomic mass is 9.86. The van der Waals surface area contributed by atoms with Crippen LogP contribution in [0.4, 0.5) is 26.3 Å². The molecule has 2 aliphatic carbocycles. The maximum atomic E-state index is 12.5. The van der Waals surface area contributed by atoms with Crippen LogP contribution in [0.2, 0.25) is 0 Å². The van der Waals surface area contributed by atoms with Crippen molar-refractivity contribution >= 4 is 0 Å². The van der Waals surface area contributed by atoms with E-state index >= 15 is 0 Å². The van der Waals surface area contributed by atoms with Crippen LogP contribution in [0.15, 0.2) is 12.2 Å². The maximum absolute atomic E-state index is 12.5. The Morgan fingerprint density at radius 3 is 1.95 bits per heavy atom. The van der Waals surface area contributed by atoms with Gasteiger partial charge in [0.15, 0.2) is 0 Å². The lowest BCUT2D eigenvalue weighted by molar-refractivity contribution is -0.370. The lowest BCUT2D eigenvalue weighted by Gasteiger charge is -2.32. The molecule has 20 heavy (non-hydrogen) atoms. The van der Waals surface area contributed by atoms with E-state index in [1.807, 2.05) is 6.08 Å². The molecule has 2 aliphatic rings. The van der Waals surface area contributed by atoms with Gasteiger partial charge in [0.05, 0.1) is 0 Å². The van der Waals surface area contributed by atoms with Crippen LogP contribution >= 0.6 is 0 Å². The summed E-state index contributed by atoms with van der Waals surface area (Å²) in [5.74, 6) is 0.856. The molecule has 1 nitrogen and oxygen atoms in total. The van der Waals surface area contributed by atoms with Gasteiger partial charge in [-0.3, -0.25) is 0 Å². The zero-order chi connectivity index (χ0) is 15.2. The smallest absolute Gasteiger partial charge is 0.374 e. The van der Waals surface area contributed by atoms with Crippen LogP contribution in [-0.2, 0) is 0 Å². The number of rotatable bonds is 4. The fraction of sp³-hybridized carbons (Fsp3) is 0.846. The number of hydrogen-bond acceptors (Lipinski definition) is 1. The molecule has 0 radical (unpaired) electrons. The molecule has 2 rings (SSSR count). The van der Waals surface area contributed by atoms with Crippen molar-refractivity contribution in [1.29, 1.82) is 0 Å². The Labute approximate surface area is 112 Å². The van der Waals surface area contributed by atoms with Crippen molar-refractivity contribution < 1.29 is 31.4 Å². The van der Waals surface area contributed by atoms with Gasteiger partial charge in [0.1, 0.15) is 0 Å². The fourth-order valence-electron chi connectivity index (χ4n) is 3.29. The summed E-state index contributed by atoms with van der Waals surface area (Å²) in [5, 5.41) is 9.03. The van der Waals surface area contributed by atoms with Crippen molar-refractivity contribution in [3.8, 4) is 0 Å². The monoisotopic (exact) mass is 302 g/mol. The number of hydrogen-bond donors (Lipinski definition) is 1. The second-order valence-electron chi connectivity index (χ2n) is 5.79. The largest absolute Gasteiger partial charge is 0.426 e. The van der Waals surface area contributed by atoms with Gasteiger partial charge in [-0.25, -0.2) is 0 Å². The third-order valence-electron chi connectivity index (χ3n) is 4.47. The first-order valence-electron chi connectivity index (χ1n) is 6.59. The van der Waals surface area contributed by atoms with Crippen molar-refractivity contribution in [2.24, 2.45) is 17.8 Å². The number of aliphatic hydroxyl groups is 1. The average molecular weight is 302 g/mol. The molecule has 1 N–H and O–H groups in total. The molecule has 116 valence electrons. The average Bonchev–Trinajstić information content (AvgIpc) is 2.87. The van der Waals surface area contributed by atoms with E-state index in [1.54, 1.807) is 0 Å². The first-order chi connectivity index (χ1) is 9.04. The molecule has 0 amide bonds. The minimum Gasteiger partial charge on any atom is -0.374 e. The Bertz CT molecular complexity index is 369. The number of fused-ring (bicyclic) bond motifs is 2. The Morgan fingerprint density at radius 1 is 0.950 bits per heavy atom. The molecule has 3 atom stereocenters. The zero-order valence-electron chi connectivity index (χ0n) is 10.6. The second kappa shape index (κ2) is 4.93. The second-order valence-corrected chi connectivity index (χ2v) is 5.79. The molecule has 0 spiro atoms. The van der Waals surface area contributed by atoms with Crippen LogP contribution in [0.3, 0.4) is 0 Å². The Kier molecular flexibility index (Phi) is 3.86. The van der Waals surface area contributed by atoms with E-state index in [4.69, 9.17) is 5.11 Å². The number of alkyl halides is 6. The summed E-state index contributed by atoms with van der Waals surface area (Å²) in [4.78, 5) is 0. The van der Waals surface area contributed by atoms with Gasteiger partial charge in [-0.2, -0.15) is 26.3 Å². The highest BCUT2D eigenvalue weighted by atomic mass is 19.4. The van der Waals surface area contributed by atoms with Crippen LogP contribution < -0.4 is 0 Å². The van der Waals surface area contributed by atoms with Gasteiger partial charge in [-0.15, -0.1) is 0 Å². The summed E-state index contributed by atoms with van der Waals surface area (Å²) in [7, 11) is 0. The van der Waals surface area contributed by atoms with Gasteiger partial charge in [-0.1, -0.05) is 12.2 Å². The van der Waals surface area contributed by atoms with Crippen molar-refractivity contribution in [2.75, 3.05) is 0 Å².